The first-order valence-electron chi connectivity index (χ1n) is 13.2. The summed E-state index contributed by atoms with van der Waals surface area (Å²) >= 11 is 0. The Labute approximate surface area is 203 Å². The van der Waals surface area contributed by atoms with E-state index < -0.39 is 0 Å². The fourth-order valence-electron chi connectivity index (χ4n) is 7.08. The van der Waals surface area contributed by atoms with Crippen LogP contribution in [0.3, 0.4) is 0 Å². The number of aryl methyl sites for hydroxylation is 1. The van der Waals surface area contributed by atoms with Crippen LogP contribution in [0.1, 0.15) is 87.8 Å². The normalized spacial score (nSPS) is 29.6. The van der Waals surface area contributed by atoms with E-state index in [2.05, 4.69) is 32.0 Å². The van der Waals surface area contributed by atoms with Crippen LogP contribution in [0.5, 0.6) is 5.75 Å². The van der Waals surface area contributed by atoms with Gasteiger partial charge in [-0.15, -0.1) is 0 Å². The van der Waals surface area contributed by atoms with Crippen LogP contribution in [0.15, 0.2) is 42.5 Å². The van der Waals surface area contributed by atoms with Crippen molar-refractivity contribution in [3.05, 3.63) is 65.0 Å². The van der Waals surface area contributed by atoms with Gasteiger partial charge in [-0.3, -0.25) is 4.79 Å². The van der Waals surface area contributed by atoms with Crippen LogP contribution in [0.2, 0.25) is 0 Å². The second-order valence-corrected chi connectivity index (χ2v) is 10.9. The molecule has 2 fully saturated rings. The Hall–Kier alpha value is -2.36. The molecule has 3 nitrogen and oxygen atoms in total. The van der Waals surface area contributed by atoms with Gasteiger partial charge in [-0.05, 0) is 104 Å². The van der Waals surface area contributed by atoms with Crippen molar-refractivity contribution in [3.63, 3.8) is 0 Å². The van der Waals surface area contributed by atoms with Crippen molar-refractivity contribution in [2.24, 2.45) is 17.3 Å². The summed E-state index contributed by atoms with van der Waals surface area (Å²) in [4.78, 5) is 12.4. The van der Waals surface area contributed by atoms with E-state index in [0.29, 0.717) is 30.8 Å². The van der Waals surface area contributed by atoms with Gasteiger partial charge in [0.1, 0.15) is 24.3 Å². The number of benzene rings is 2. The Morgan fingerprint density at radius 2 is 1.91 bits per heavy atom. The molecule has 34 heavy (non-hydrogen) atoms. The summed E-state index contributed by atoms with van der Waals surface area (Å²) < 4.78 is 25.2. The Morgan fingerprint density at radius 3 is 2.71 bits per heavy atom. The molecule has 5 rings (SSSR count). The molecule has 0 N–H and O–H groups in total. The first-order valence-corrected chi connectivity index (χ1v) is 13.2. The molecule has 0 saturated heterocycles. The molecule has 0 bridgehead atoms. The molecule has 0 unspecified atom stereocenters. The predicted octanol–water partition coefficient (Wildman–Crippen LogP) is 7.36. The van der Waals surface area contributed by atoms with Crippen LogP contribution < -0.4 is 4.74 Å². The van der Waals surface area contributed by atoms with Gasteiger partial charge in [-0.25, -0.2) is 4.39 Å². The maximum atomic E-state index is 13.1. The van der Waals surface area contributed by atoms with Crippen LogP contribution in [0.4, 0.5) is 4.39 Å². The van der Waals surface area contributed by atoms with E-state index in [-0.39, 0.29) is 23.3 Å². The average Bonchev–Trinajstić information content (AvgIpc) is 3.18. The molecule has 0 aromatic heterocycles. The minimum Gasteiger partial charge on any atom is -0.489 e. The number of ether oxygens (including phenoxy) is 2. The molecule has 0 amide bonds. The fraction of sp³-hybridized carbons (Fsp3) is 0.567. The zero-order chi connectivity index (χ0) is 23.7. The van der Waals surface area contributed by atoms with Gasteiger partial charge in [0.15, 0.2) is 0 Å². The minimum absolute atomic E-state index is 0.00185. The third-order valence-electron chi connectivity index (χ3n) is 8.94. The molecule has 0 radical (unpaired) electrons. The van der Waals surface area contributed by atoms with Gasteiger partial charge in [0.25, 0.3) is 0 Å². The number of carbonyl (C=O) groups excluding carboxylic acids is 1. The van der Waals surface area contributed by atoms with Gasteiger partial charge in [0, 0.05) is 11.8 Å². The van der Waals surface area contributed by atoms with Crippen LogP contribution >= 0.6 is 0 Å². The van der Waals surface area contributed by atoms with Crippen molar-refractivity contribution in [1.29, 1.82) is 0 Å². The standard InChI is InChI=1S/C30H37FO3/c1-3-4-5-29(32)34-28-15-14-27-26-12-8-21-18-23(33-19-20-6-9-22(31)10-7-20)11-13-24(21)25(26)16-17-30(27,28)2/h6-7,9-11,13,18,25-28H,3-5,8,12,14-17,19H2,1-2H3/t25-,26-,27+,28+,30-/m0/s1. The first kappa shape index (κ1) is 23.4. The molecule has 4 heteroatoms. The summed E-state index contributed by atoms with van der Waals surface area (Å²) in [6.07, 6.45) is 9.38. The maximum Gasteiger partial charge on any atom is 0.306 e. The van der Waals surface area contributed by atoms with E-state index in [4.69, 9.17) is 9.47 Å². The lowest BCUT2D eigenvalue weighted by atomic mass is 9.55. The molecule has 2 aromatic rings. The van der Waals surface area contributed by atoms with E-state index in [1.807, 2.05) is 0 Å². The number of hydrogen-bond donors (Lipinski definition) is 0. The zero-order valence-corrected chi connectivity index (χ0v) is 20.5. The Morgan fingerprint density at radius 1 is 1.09 bits per heavy atom. The van der Waals surface area contributed by atoms with E-state index in [0.717, 1.165) is 43.4 Å². The van der Waals surface area contributed by atoms with E-state index >= 15 is 0 Å². The van der Waals surface area contributed by atoms with Crippen LogP contribution in [-0.4, -0.2) is 12.1 Å². The summed E-state index contributed by atoms with van der Waals surface area (Å²) in [7, 11) is 0. The average molecular weight is 465 g/mol. The molecule has 0 heterocycles. The quantitative estimate of drug-likeness (QED) is 0.402. The third-order valence-corrected chi connectivity index (χ3v) is 8.94. The molecule has 3 aliphatic rings. The molecular formula is C30H37FO3. The van der Waals surface area contributed by atoms with Crippen molar-refractivity contribution in [3.8, 4) is 5.75 Å². The summed E-state index contributed by atoms with van der Waals surface area (Å²) in [6.45, 7) is 4.95. The lowest BCUT2D eigenvalue weighted by molar-refractivity contribution is -0.157. The number of rotatable bonds is 7. The van der Waals surface area contributed by atoms with Crippen molar-refractivity contribution in [1.82, 2.24) is 0 Å². The molecule has 2 saturated carbocycles. The van der Waals surface area contributed by atoms with Gasteiger partial charge in [-0.2, -0.15) is 0 Å². The summed E-state index contributed by atoms with van der Waals surface area (Å²) in [5, 5.41) is 0. The Kier molecular flexibility index (Phi) is 6.68. The van der Waals surface area contributed by atoms with Crippen molar-refractivity contribution < 1.29 is 18.7 Å². The second-order valence-electron chi connectivity index (χ2n) is 10.9. The smallest absolute Gasteiger partial charge is 0.306 e. The van der Waals surface area contributed by atoms with E-state index in [1.165, 1.54) is 42.5 Å². The van der Waals surface area contributed by atoms with Gasteiger partial charge in [0.05, 0.1) is 0 Å². The van der Waals surface area contributed by atoms with Gasteiger partial charge in [0.2, 0.25) is 0 Å². The van der Waals surface area contributed by atoms with Gasteiger partial charge >= 0.3 is 5.97 Å². The SMILES string of the molecule is CCCCC(=O)O[C@@H]1CC[C@@H]2[C@H]3CCc4cc(OCc5ccc(F)cc5)ccc4[C@@H]3CC[C@@]21C. The highest BCUT2D eigenvalue weighted by molar-refractivity contribution is 5.69. The van der Waals surface area contributed by atoms with Gasteiger partial charge in [-0.1, -0.05) is 38.5 Å². The van der Waals surface area contributed by atoms with Crippen molar-refractivity contribution in [2.75, 3.05) is 0 Å². The van der Waals surface area contributed by atoms with E-state index in [1.54, 1.807) is 12.1 Å². The van der Waals surface area contributed by atoms with Crippen LogP contribution in [0.25, 0.3) is 0 Å². The van der Waals surface area contributed by atoms with Crippen molar-refractivity contribution in [2.45, 2.75) is 90.3 Å². The lowest BCUT2D eigenvalue weighted by Gasteiger charge is -2.50. The van der Waals surface area contributed by atoms with Gasteiger partial charge < -0.3 is 9.47 Å². The molecule has 5 atom stereocenters. The predicted molar refractivity (Wildman–Crippen MR) is 131 cm³/mol. The number of esters is 1. The lowest BCUT2D eigenvalue weighted by Crippen LogP contribution is -2.45. The number of halogens is 1. The third kappa shape index (κ3) is 4.48. The topological polar surface area (TPSA) is 35.5 Å². The molecule has 2 aromatic carbocycles. The fourth-order valence-corrected chi connectivity index (χ4v) is 7.08. The first-order chi connectivity index (χ1) is 16.5. The molecule has 3 aliphatic carbocycles. The molecular weight excluding hydrogens is 427 g/mol. The number of unbranched alkanes of at least 4 members (excludes halogenated alkanes) is 1. The largest absolute Gasteiger partial charge is 0.489 e. The molecule has 182 valence electrons. The monoisotopic (exact) mass is 464 g/mol. The summed E-state index contributed by atoms with van der Waals surface area (Å²) in [5.41, 5.74) is 4.01. The van der Waals surface area contributed by atoms with E-state index in [9.17, 15) is 9.18 Å². The molecule has 0 aliphatic heterocycles. The van der Waals surface area contributed by atoms with Crippen molar-refractivity contribution >= 4 is 5.97 Å². The summed E-state index contributed by atoms with van der Waals surface area (Å²) in [6, 6.07) is 13.1. The number of fused-ring (bicyclic) bond motifs is 5. The van der Waals surface area contributed by atoms with Crippen LogP contribution in [0, 0.1) is 23.1 Å². The highest BCUT2D eigenvalue weighted by Crippen LogP contribution is 2.61. The highest BCUT2D eigenvalue weighted by Gasteiger charge is 2.56. The second kappa shape index (κ2) is 9.71. The molecule has 0 spiro atoms. The van der Waals surface area contributed by atoms with Crippen LogP contribution in [-0.2, 0) is 22.6 Å². The number of carbonyl (C=O) groups is 1. The Bertz CT molecular complexity index is 1020. The highest BCUT2D eigenvalue weighted by atomic mass is 19.1. The summed E-state index contributed by atoms with van der Waals surface area (Å²) in [5.74, 6) is 2.58. The Balaban J connectivity index is 1.25. The zero-order valence-electron chi connectivity index (χ0n) is 20.5. The minimum atomic E-state index is -0.223. The maximum absolute atomic E-state index is 13.1. The number of hydrogen-bond acceptors (Lipinski definition) is 3.